The van der Waals surface area contributed by atoms with Crippen LogP contribution in [0.1, 0.15) is 5.56 Å². The van der Waals surface area contributed by atoms with Gasteiger partial charge in [-0.1, -0.05) is 24.3 Å². The molecule has 2 aliphatic heterocycles. The van der Waals surface area contributed by atoms with Crippen molar-refractivity contribution >= 4 is 29.7 Å². The van der Waals surface area contributed by atoms with Gasteiger partial charge in [0.25, 0.3) is 0 Å². The molecule has 0 aliphatic carbocycles. The molecule has 3 heterocycles. The molecule has 2 fully saturated rings. The Morgan fingerprint density at radius 2 is 1.12 bits per heavy atom. The van der Waals surface area contributed by atoms with Crippen LogP contribution < -0.4 is 4.90 Å². The second-order valence-electron chi connectivity index (χ2n) is 9.87. The molecule has 16 heteroatoms. The fourth-order valence-corrected chi connectivity index (χ4v) is 4.45. The molecule has 6 atom stereocenters. The number of aliphatic carboxylic acids is 4. The predicted octanol–water partition coefficient (Wildman–Crippen LogP) is -1.80. The average molecular weight is 595 g/mol. The molecule has 0 radical (unpaired) electrons. The third-order valence-corrected chi connectivity index (χ3v) is 6.67. The lowest BCUT2D eigenvalue weighted by molar-refractivity contribution is -0.165. The minimum Gasteiger partial charge on any atom is -0.479 e. The number of aliphatic hydroxyl groups is 4. The summed E-state index contributed by atoms with van der Waals surface area (Å²) in [7, 11) is 2.22. The summed E-state index contributed by atoms with van der Waals surface area (Å²) in [6, 6.07) is 12.6. The minimum atomic E-state index is -2.27. The van der Waals surface area contributed by atoms with E-state index in [0.717, 1.165) is 36.4 Å². The van der Waals surface area contributed by atoms with Gasteiger partial charge in [0.2, 0.25) is 0 Å². The van der Waals surface area contributed by atoms with Crippen molar-refractivity contribution in [2.24, 2.45) is 11.8 Å². The van der Waals surface area contributed by atoms with E-state index in [1.54, 1.807) is 0 Å². The molecule has 2 aromatic rings. The molecule has 0 spiro atoms. The Morgan fingerprint density at radius 3 is 1.48 bits per heavy atom. The smallest absolute Gasteiger partial charge is 0.335 e. The first-order valence-electron chi connectivity index (χ1n) is 12.6. The van der Waals surface area contributed by atoms with Gasteiger partial charge in [-0.25, -0.2) is 19.2 Å². The van der Waals surface area contributed by atoms with Crippen molar-refractivity contribution < 1.29 is 60.0 Å². The Balaban J connectivity index is 0.000000260. The summed E-state index contributed by atoms with van der Waals surface area (Å²) in [4.78, 5) is 43.9. The van der Waals surface area contributed by atoms with Gasteiger partial charge in [-0.15, -0.1) is 10.2 Å². The van der Waals surface area contributed by atoms with Crippen molar-refractivity contribution in [1.82, 2.24) is 15.1 Å². The number of carboxylic acids is 4. The normalized spacial score (nSPS) is 20.5. The first kappa shape index (κ1) is 34.0. The van der Waals surface area contributed by atoms with Crippen LogP contribution in [-0.4, -0.2) is 137 Å². The second-order valence-corrected chi connectivity index (χ2v) is 9.87. The number of hydrogen-bond donors (Lipinski definition) is 8. The van der Waals surface area contributed by atoms with Gasteiger partial charge in [0.15, 0.2) is 30.2 Å². The Bertz CT molecular complexity index is 1160. The summed E-state index contributed by atoms with van der Waals surface area (Å²) in [6.07, 6.45) is -9.06. The van der Waals surface area contributed by atoms with Gasteiger partial charge in [0.05, 0.1) is 5.69 Å². The van der Waals surface area contributed by atoms with E-state index in [4.69, 9.17) is 40.9 Å². The Hall–Kier alpha value is -4.22. The zero-order valence-corrected chi connectivity index (χ0v) is 22.8. The van der Waals surface area contributed by atoms with E-state index in [1.807, 2.05) is 0 Å². The van der Waals surface area contributed by atoms with Crippen LogP contribution in [0.4, 0.5) is 5.82 Å². The fraction of sp³-hybridized carbons (Fsp3) is 0.462. The number of fused-ring (bicyclic) bond motifs is 1. The number of anilines is 1. The van der Waals surface area contributed by atoms with E-state index >= 15 is 0 Å². The maximum Gasteiger partial charge on any atom is 0.335 e. The number of benzene rings is 1. The Morgan fingerprint density at radius 1 is 0.690 bits per heavy atom. The van der Waals surface area contributed by atoms with Gasteiger partial charge in [-0.05, 0) is 43.5 Å². The van der Waals surface area contributed by atoms with Gasteiger partial charge in [0, 0.05) is 31.7 Å². The summed E-state index contributed by atoms with van der Waals surface area (Å²) in [5, 5.41) is 74.0. The Kier molecular flexibility index (Phi) is 12.2. The summed E-state index contributed by atoms with van der Waals surface area (Å²) >= 11 is 0. The standard InChI is InChI=1S/C18H22N4.2C4H6O6/c1-13-5-3-4-6-16(13)17-7-8-18(20-19-17)22-11-14-9-21(2)10-15(14)12-22;2*5-1(3(7)8)2(6)4(9)10/h3-8,14-15H,9-12H2,1-2H3;2*1-2,5-6H,(H,7,8)(H,9,10)/t14-,15+;2*1-,2-/m.11/s1. The van der Waals surface area contributed by atoms with Crippen molar-refractivity contribution in [3.8, 4) is 11.3 Å². The fourth-order valence-electron chi connectivity index (χ4n) is 4.45. The molecular formula is C26H34N4O12. The van der Waals surface area contributed by atoms with Crippen LogP contribution in [0.25, 0.3) is 11.3 Å². The number of aryl methyl sites for hydroxylation is 1. The number of hydrogen-bond acceptors (Lipinski definition) is 12. The van der Waals surface area contributed by atoms with Crippen molar-refractivity contribution in [3.05, 3.63) is 42.0 Å². The summed E-state index contributed by atoms with van der Waals surface area (Å²) in [5.41, 5.74) is 3.37. The number of aromatic nitrogens is 2. The van der Waals surface area contributed by atoms with Crippen LogP contribution in [0.15, 0.2) is 36.4 Å². The van der Waals surface area contributed by atoms with Gasteiger partial charge in [-0.3, -0.25) is 0 Å². The average Bonchev–Trinajstić information content (AvgIpc) is 3.49. The predicted molar refractivity (Wildman–Crippen MR) is 143 cm³/mol. The third kappa shape index (κ3) is 9.15. The first-order valence-corrected chi connectivity index (χ1v) is 12.6. The monoisotopic (exact) mass is 594 g/mol. The van der Waals surface area contributed by atoms with E-state index in [1.165, 1.54) is 24.2 Å². The maximum absolute atomic E-state index is 9.77. The molecule has 2 saturated heterocycles. The zero-order chi connectivity index (χ0) is 31.7. The summed E-state index contributed by atoms with van der Waals surface area (Å²) < 4.78 is 0. The molecule has 0 amide bonds. The lowest BCUT2D eigenvalue weighted by atomic mass is 10.0. The van der Waals surface area contributed by atoms with Crippen LogP contribution >= 0.6 is 0 Å². The molecule has 1 aromatic heterocycles. The molecule has 16 nitrogen and oxygen atoms in total. The molecule has 1 aromatic carbocycles. The number of carboxylic acid groups (broad SMARTS) is 4. The number of likely N-dealkylation sites (tertiary alicyclic amines) is 1. The maximum atomic E-state index is 9.77. The molecule has 0 saturated carbocycles. The molecular weight excluding hydrogens is 560 g/mol. The van der Waals surface area contributed by atoms with Crippen molar-refractivity contribution in [3.63, 3.8) is 0 Å². The highest BCUT2D eigenvalue weighted by Crippen LogP contribution is 2.32. The molecule has 0 unspecified atom stereocenters. The number of aliphatic hydroxyl groups excluding tert-OH is 4. The van der Waals surface area contributed by atoms with Crippen LogP contribution in [0.3, 0.4) is 0 Å². The van der Waals surface area contributed by atoms with Gasteiger partial charge >= 0.3 is 23.9 Å². The minimum absolute atomic E-state index is 0.794. The highest BCUT2D eigenvalue weighted by Gasteiger charge is 2.39. The largest absolute Gasteiger partial charge is 0.479 e. The SMILES string of the molecule is Cc1ccccc1-c1ccc(N2C[C@H]3CN(C)C[C@H]3C2)nn1.O=C(O)[C@H](O)[C@@H](O)C(=O)O.O=C(O)[C@H](O)[C@@H](O)C(=O)O. The van der Waals surface area contributed by atoms with Crippen LogP contribution in [0, 0.1) is 18.8 Å². The molecule has 8 N–H and O–H groups in total. The summed E-state index contributed by atoms with van der Waals surface area (Å²) in [6.45, 7) is 6.79. The first-order chi connectivity index (χ1) is 19.6. The quantitative estimate of drug-likeness (QED) is 0.168. The van der Waals surface area contributed by atoms with E-state index in [-0.39, 0.29) is 0 Å². The summed E-state index contributed by atoms with van der Waals surface area (Å²) in [5.74, 6) is -4.46. The van der Waals surface area contributed by atoms with E-state index in [9.17, 15) is 19.2 Å². The van der Waals surface area contributed by atoms with Crippen molar-refractivity contribution in [2.45, 2.75) is 31.3 Å². The lowest BCUT2D eigenvalue weighted by Gasteiger charge is -2.19. The van der Waals surface area contributed by atoms with Gasteiger partial charge in [-0.2, -0.15) is 0 Å². The second kappa shape index (κ2) is 15.1. The van der Waals surface area contributed by atoms with Crippen LogP contribution in [-0.2, 0) is 19.2 Å². The highest BCUT2D eigenvalue weighted by atomic mass is 16.4. The topological polar surface area (TPSA) is 262 Å². The van der Waals surface area contributed by atoms with Crippen LogP contribution in [0.2, 0.25) is 0 Å². The molecule has 2 aliphatic rings. The third-order valence-electron chi connectivity index (χ3n) is 6.67. The molecule has 230 valence electrons. The molecule has 0 bridgehead atoms. The highest BCUT2D eigenvalue weighted by molar-refractivity contribution is 5.83. The van der Waals surface area contributed by atoms with Crippen molar-refractivity contribution in [2.75, 3.05) is 38.1 Å². The number of carbonyl (C=O) groups is 4. The van der Waals surface area contributed by atoms with E-state index < -0.39 is 48.3 Å². The number of rotatable bonds is 8. The Labute approximate surface area is 239 Å². The van der Waals surface area contributed by atoms with Gasteiger partial charge in [0.1, 0.15) is 0 Å². The lowest BCUT2D eigenvalue weighted by Crippen LogP contribution is -2.39. The van der Waals surface area contributed by atoms with E-state index in [0.29, 0.717) is 0 Å². The number of nitrogens with zero attached hydrogens (tertiary/aromatic N) is 4. The zero-order valence-electron chi connectivity index (χ0n) is 22.8. The molecule has 4 rings (SSSR count). The van der Waals surface area contributed by atoms with Crippen LogP contribution in [0.5, 0.6) is 0 Å². The molecule has 42 heavy (non-hydrogen) atoms. The van der Waals surface area contributed by atoms with Crippen molar-refractivity contribution in [1.29, 1.82) is 0 Å². The van der Waals surface area contributed by atoms with E-state index in [2.05, 4.69) is 70.4 Å². The van der Waals surface area contributed by atoms with Gasteiger partial charge < -0.3 is 50.7 Å².